The van der Waals surface area contributed by atoms with Crippen molar-refractivity contribution in [2.45, 2.75) is 26.3 Å². The highest BCUT2D eigenvalue weighted by atomic mass is 79.9. The summed E-state index contributed by atoms with van der Waals surface area (Å²) in [6, 6.07) is 5.79. The Kier molecular flexibility index (Phi) is 5.90. The lowest BCUT2D eigenvalue weighted by atomic mass is 10.0. The van der Waals surface area contributed by atoms with Crippen LogP contribution in [-0.4, -0.2) is 28.3 Å². The van der Waals surface area contributed by atoms with Crippen LogP contribution in [0.3, 0.4) is 0 Å². The summed E-state index contributed by atoms with van der Waals surface area (Å²) in [4.78, 5) is 12.4. The van der Waals surface area contributed by atoms with Gasteiger partial charge in [-0.15, -0.1) is 0 Å². The molecule has 1 unspecified atom stereocenters. The van der Waals surface area contributed by atoms with Gasteiger partial charge in [-0.2, -0.15) is 5.10 Å². The molecule has 5 nitrogen and oxygen atoms in total. The van der Waals surface area contributed by atoms with Crippen molar-refractivity contribution >= 4 is 21.8 Å². The topological polar surface area (TPSA) is 72.9 Å². The van der Waals surface area contributed by atoms with Crippen LogP contribution >= 0.6 is 15.9 Å². The molecule has 0 radical (unpaired) electrons. The van der Waals surface area contributed by atoms with E-state index in [0.717, 1.165) is 6.42 Å². The van der Waals surface area contributed by atoms with E-state index in [2.05, 4.69) is 40.2 Å². The smallest absolute Gasteiger partial charge is 0.273 e. The number of nitrogens with two attached hydrogens (primary N) is 1. The third-order valence-corrected chi connectivity index (χ3v) is 3.93. The maximum absolute atomic E-state index is 13.0. The number of aromatic nitrogens is 2. The molecule has 3 N–H and O–H groups in total. The number of rotatable bonds is 6. The number of halogens is 2. The zero-order chi connectivity index (χ0) is 17.0. The normalized spacial score (nSPS) is 12.4. The quantitative estimate of drug-likeness (QED) is 0.806. The van der Waals surface area contributed by atoms with E-state index in [0.29, 0.717) is 22.6 Å². The van der Waals surface area contributed by atoms with Gasteiger partial charge in [0, 0.05) is 18.8 Å². The van der Waals surface area contributed by atoms with Gasteiger partial charge in [-0.3, -0.25) is 4.79 Å². The van der Waals surface area contributed by atoms with Gasteiger partial charge in [-0.05, 0) is 52.5 Å². The number of hydrogen-bond donors (Lipinski definition) is 2. The van der Waals surface area contributed by atoms with Crippen LogP contribution in [0, 0.1) is 11.7 Å². The maximum Gasteiger partial charge on any atom is 0.273 e. The summed E-state index contributed by atoms with van der Waals surface area (Å²) in [5.41, 5.74) is 6.65. The van der Waals surface area contributed by atoms with E-state index in [1.807, 2.05) is 0 Å². The van der Waals surface area contributed by atoms with Crippen molar-refractivity contribution < 1.29 is 9.18 Å². The minimum absolute atomic E-state index is 0.0922. The molecule has 0 bridgehead atoms. The summed E-state index contributed by atoms with van der Waals surface area (Å²) >= 11 is 3.34. The molecule has 1 atom stereocenters. The molecule has 0 aliphatic carbocycles. The summed E-state index contributed by atoms with van der Waals surface area (Å²) < 4.78 is 15.1. The highest BCUT2D eigenvalue weighted by Crippen LogP contribution is 2.19. The van der Waals surface area contributed by atoms with Crippen molar-refractivity contribution in [3.05, 3.63) is 46.4 Å². The van der Waals surface area contributed by atoms with Crippen LogP contribution in [0.2, 0.25) is 0 Å². The summed E-state index contributed by atoms with van der Waals surface area (Å²) in [7, 11) is 0. The molecule has 1 aromatic heterocycles. The highest BCUT2D eigenvalue weighted by molar-refractivity contribution is 9.10. The Morgan fingerprint density at radius 2 is 2.04 bits per heavy atom. The molecule has 0 fully saturated rings. The largest absolute Gasteiger partial charge is 0.347 e. The van der Waals surface area contributed by atoms with Crippen LogP contribution in [0.25, 0.3) is 5.69 Å². The van der Waals surface area contributed by atoms with Gasteiger partial charge in [0.2, 0.25) is 0 Å². The lowest BCUT2D eigenvalue weighted by Crippen LogP contribution is -2.41. The Hall–Kier alpha value is -1.73. The van der Waals surface area contributed by atoms with Crippen LogP contribution < -0.4 is 11.1 Å². The Balaban J connectivity index is 2.16. The third-order valence-electron chi connectivity index (χ3n) is 3.35. The van der Waals surface area contributed by atoms with Gasteiger partial charge >= 0.3 is 0 Å². The van der Waals surface area contributed by atoms with Gasteiger partial charge in [-0.1, -0.05) is 13.8 Å². The Bertz CT molecular complexity index is 669. The summed E-state index contributed by atoms with van der Waals surface area (Å²) in [6.45, 7) is 4.53. The van der Waals surface area contributed by atoms with Crippen molar-refractivity contribution in [1.29, 1.82) is 0 Å². The summed E-state index contributed by atoms with van der Waals surface area (Å²) in [5.74, 6) is -0.171. The van der Waals surface area contributed by atoms with Crippen molar-refractivity contribution in [1.82, 2.24) is 15.1 Å². The van der Waals surface area contributed by atoms with E-state index in [9.17, 15) is 9.18 Å². The van der Waals surface area contributed by atoms with E-state index in [1.165, 1.54) is 16.8 Å². The molecule has 0 saturated heterocycles. The van der Waals surface area contributed by atoms with E-state index < -0.39 is 0 Å². The first-order valence-corrected chi connectivity index (χ1v) is 8.22. The molecule has 0 aliphatic heterocycles. The van der Waals surface area contributed by atoms with E-state index in [-0.39, 0.29) is 23.5 Å². The van der Waals surface area contributed by atoms with Gasteiger partial charge in [0.1, 0.15) is 5.82 Å². The van der Waals surface area contributed by atoms with Crippen molar-refractivity contribution in [2.75, 3.05) is 6.54 Å². The first kappa shape index (κ1) is 17.6. The van der Waals surface area contributed by atoms with Gasteiger partial charge in [0.15, 0.2) is 5.69 Å². The number of carbonyl (C=O) groups excluding carboxylic acids is 1. The van der Waals surface area contributed by atoms with E-state index >= 15 is 0 Å². The SMILES string of the molecule is CC(C)CC(CN)NC(=O)c1nn(-c2ccc(F)cc2)cc1Br. The van der Waals surface area contributed by atoms with Crippen LogP contribution in [0.15, 0.2) is 34.9 Å². The van der Waals surface area contributed by atoms with Crippen LogP contribution in [0.1, 0.15) is 30.8 Å². The monoisotopic (exact) mass is 382 g/mol. The lowest BCUT2D eigenvalue weighted by molar-refractivity contribution is 0.0927. The predicted molar refractivity (Wildman–Crippen MR) is 91.0 cm³/mol. The van der Waals surface area contributed by atoms with Gasteiger partial charge in [0.05, 0.1) is 10.2 Å². The fourth-order valence-corrected chi connectivity index (χ4v) is 2.72. The third kappa shape index (κ3) is 4.62. The number of benzene rings is 1. The average molecular weight is 383 g/mol. The number of amides is 1. The molecule has 124 valence electrons. The molecule has 1 heterocycles. The van der Waals surface area contributed by atoms with Crippen LogP contribution in [-0.2, 0) is 0 Å². The Morgan fingerprint density at radius 1 is 1.39 bits per heavy atom. The fourth-order valence-electron chi connectivity index (χ4n) is 2.27. The molecule has 1 amide bonds. The number of nitrogens with zero attached hydrogens (tertiary/aromatic N) is 2. The van der Waals surface area contributed by atoms with Crippen molar-refractivity contribution in [2.24, 2.45) is 11.7 Å². The van der Waals surface area contributed by atoms with E-state index in [1.54, 1.807) is 18.3 Å². The Labute approximate surface area is 143 Å². The first-order chi connectivity index (χ1) is 10.9. The highest BCUT2D eigenvalue weighted by Gasteiger charge is 2.19. The molecule has 23 heavy (non-hydrogen) atoms. The minimum Gasteiger partial charge on any atom is -0.347 e. The molecule has 2 aromatic rings. The molecule has 0 aliphatic rings. The summed E-state index contributed by atoms with van der Waals surface area (Å²) in [5, 5.41) is 7.17. The average Bonchev–Trinajstić information content (AvgIpc) is 2.88. The minimum atomic E-state index is -0.322. The van der Waals surface area contributed by atoms with Gasteiger partial charge in [0.25, 0.3) is 5.91 Å². The molecule has 0 spiro atoms. The van der Waals surface area contributed by atoms with Crippen LogP contribution in [0.5, 0.6) is 0 Å². The fraction of sp³-hybridized carbons (Fsp3) is 0.375. The lowest BCUT2D eigenvalue weighted by Gasteiger charge is -2.18. The van der Waals surface area contributed by atoms with Crippen molar-refractivity contribution in [3.8, 4) is 5.69 Å². The number of nitrogens with one attached hydrogen (secondary N) is 1. The van der Waals surface area contributed by atoms with Crippen molar-refractivity contribution in [3.63, 3.8) is 0 Å². The Morgan fingerprint density at radius 3 is 2.61 bits per heavy atom. The van der Waals surface area contributed by atoms with E-state index in [4.69, 9.17) is 5.73 Å². The molecule has 1 aromatic carbocycles. The number of carbonyl (C=O) groups is 1. The summed E-state index contributed by atoms with van der Waals surface area (Å²) in [6.07, 6.45) is 2.47. The zero-order valence-electron chi connectivity index (χ0n) is 13.1. The predicted octanol–water partition coefficient (Wildman–Crippen LogP) is 2.88. The number of hydrogen-bond acceptors (Lipinski definition) is 3. The molecular formula is C16H20BrFN4O. The zero-order valence-corrected chi connectivity index (χ0v) is 14.7. The molecule has 0 saturated carbocycles. The van der Waals surface area contributed by atoms with Crippen LogP contribution in [0.4, 0.5) is 4.39 Å². The molecule has 2 rings (SSSR count). The maximum atomic E-state index is 13.0. The second-order valence-corrected chi connectivity index (χ2v) is 6.64. The second kappa shape index (κ2) is 7.70. The molecular weight excluding hydrogens is 363 g/mol. The van der Waals surface area contributed by atoms with Gasteiger partial charge < -0.3 is 11.1 Å². The second-order valence-electron chi connectivity index (χ2n) is 5.78. The first-order valence-electron chi connectivity index (χ1n) is 7.42. The standard InChI is InChI=1S/C16H20BrFN4O/c1-10(2)7-12(8-19)20-16(23)15-14(17)9-22(21-15)13-5-3-11(18)4-6-13/h3-6,9-10,12H,7-8,19H2,1-2H3,(H,20,23). The van der Waals surface area contributed by atoms with Gasteiger partial charge in [-0.25, -0.2) is 9.07 Å². The molecule has 7 heteroatoms.